The molecule has 0 aliphatic heterocycles. The van der Waals surface area contributed by atoms with Gasteiger partial charge in [0.25, 0.3) is 0 Å². The van der Waals surface area contributed by atoms with Crippen molar-refractivity contribution >= 4 is 34.3 Å². The molecule has 0 aliphatic carbocycles. The lowest BCUT2D eigenvalue weighted by Gasteiger charge is -2.02. The van der Waals surface area contributed by atoms with E-state index < -0.39 is 0 Å². The Morgan fingerprint density at radius 3 is 2.52 bits per heavy atom. The fourth-order valence-electron chi connectivity index (χ4n) is 3.11. The molecule has 0 aliphatic rings. The van der Waals surface area contributed by atoms with Crippen LogP contribution in [0.5, 0.6) is 5.75 Å². The van der Waals surface area contributed by atoms with E-state index in [9.17, 15) is 9.90 Å². The van der Waals surface area contributed by atoms with Gasteiger partial charge in [0.05, 0.1) is 24.0 Å². The van der Waals surface area contributed by atoms with Gasteiger partial charge in [0.1, 0.15) is 5.75 Å². The lowest BCUT2D eigenvalue weighted by atomic mass is 10.1. The van der Waals surface area contributed by atoms with Gasteiger partial charge < -0.3 is 5.11 Å². The third kappa shape index (κ3) is 5.19. The van der Waals surface area contributed by atoms with Crippen molar-refractivity contribution in [1.82, 2.24) is 5.43 Å². The molecule has 31 heavy (non-hydrogen) atoms. The van der Waals surface area contributed by atoms with E-state index in [-0.39, 0.29) is 18.1 Å². The van der Waals surface area contributed by atoms with E-state index in [0.717, 1.165) is 22.0 Å². The van der Waals surface area contributed by atoms with Crippen molar-refractivity contribution in [2.24, 2.45) is 15.3 Å². The summed E-state index contributed by atoms with van der Waals surface area (Å²) >= 11 is 0. The molecule has 152 valence electrons. The number of hydrogen-bond donors (Lipinski definition) is 2. The second kappa shape index (κ2) is 9.45. The van der Waals surface area contributed by atoms with Crippen molar-refractivity contribution < 1.29 is 9.90 Å². The molecule has 0 radical (unpaired) electrons. The Kier molecular flexibility index (Phi) is 6.09. The molecule has 0 fully saturated rings. The first-order chi connectivity index (χ1) is 15.2. The first kappa shape index (κ1) is 20.0. The maximum atomic E-state index is 12.0. The van der Waals surface area contributed by atoms with E-state index in [1.165, 1.54) is 12.3 Å². The second-order valence-electron chi connectivity index (χ2n) is 6.90. The molecule has 0 saturated heterocycles. The van der Waals surface area contributed by atoms with Crippen LogP contribution in [0.3, 0.4) is 0 Å². The van der Waals surface area contributed by atoms with Gasteiger partial charge in [-0.1, -0.05) is 66.7 Å². The number of hydrogen-bond acceptors (Lipinski definition) is 5. The molecular formula is C25H20N4O2. The molecule has 4 aromatic carbocycles. The molecule has 0 bridgehead atoms. The number of phenolic OH excluding ortho intramolecular Hbond substituents is 1. The van der Waals surface area contributed by atoms with Gasteiger partial charge in [-0.25, -0.2) is 5.43 Å². The van der Waals surface area contributed by atoms with Crippen molar-refractivity contribution in [3.63, 3.8) is 0 Å². The van der Waals surface area contributed by atoms with Crippen molar-refractivity contribution in [3.05, 3.63) is 102 Å². The Bertz CT molecular complexity index is 1260. The molecule has 2 N–H and O–H groups in total. The zero-order valence-corrected chi connectivity index (χ0v) is 16.6. The van der Waals surface area contributed by atoms with E-state index >= 15 is 0 Å². The number of phenols is 1. The Morgan fingerprint density at radius 2 is 1.65 bits per heavy atom. The first-order valence-corrected chi connectivity index (χ1v) is 9.77. The molecule has 4 rings (SSSR count). The van der Waals surface area contributed by atoms with Crippen LogP contribution in [-0.2, 0) is 11.2 Å². The van der Waals surface area contributed by atoms with Crippen LogP contribution in [-0.4, -0.2) is 17.2 Å². The zero-order chi connectivity index (χ0) is 21.5. The Morgan fingerprint density at radius 1 is 0.871 bits per heavy atom. The highest BCUT2D eigenvalue weighted by atomic mass is 16.3. The van der Waals surface area contributed by atoms with E-state index in [0.29, 0.717) is 11.3 Å². The third-order valence-corrected chi connectivity index (χ3v) is 4.65. The van der Waals surface area contributed by atoms with Crippen LogP contribution in [0.15, 0.2) is 106 Å². The van der Waals surface area contributed by atoms with Gasteiger partial charge in [-0.3, -0.25) is 4.79 Å². The van der Waals surface area contributed by atoms with E-state index in [1.54, 1.807) is 12.1 Å². The molecule has 6 nitrogen and oxygen atoms in total. The molecule has 0 saturated carbocycles. The molecule has 6 heteroatoms. The number of hydrazone groups is 1. The van der Waals surface area contributed by atoms with Crippen LogP contribution in [0, 0.1) is 0 Å². The maximum Gasteiger partial charge on any atom is 0.244 e. The molecular weight excluding hydrogens is 388 g/mol. The topological polar surface area (TPSA) is 86.4 Å². The minimum atomic E-state index is -0.242. The van der Waals surface area contributed by atoms with Gasteiger partial charge in [-0.05, 0) is 35.2 Å². The first-order valence-electron chi connectivity index (χ1n) is 9.77. The lowest BCUT2D eigenvalue weighted by molar-refractivity contribution is -0.120. The van der Waals surface area contributed by atoms with Gasteiger partial charge in [-0.15, -0.1) is 5.11 Å². The van der Waals surface area contributed by atoms with Crippen molar-refractivity contribution in [2.75, 3.05) is 0 Å². The quantitative estimate of drug-likeness (QED) is 0.245. The summed E-state index contributed by atoms with van der Waals surface area (Å²) in [5, 5.41) is 24.8. The Balaban J connectivity index is 1.46. The number of fused-ring (bicyclic) bond motifs is 1. The number of nitrogens with one attached hydrogen (secondary N) is 1. The van der Waals surface area contributed by atoms with Gasteiger partial charge in [0.15, 0.2) is 0 Å². The standard InChI is InChI=1S/C25H20N4O2/c30-24-14-13-21(27-28-23-12-6-10-19-9-4-5-11-22(19)23)16-20(24)17-26-29-25(31)15-18-7-2-1-3-8-18/h1-14,16-17,30H,15H2,(H,29,31)/b26-17+,28-27?. The highest BCUT2D eigenvalue weighted by Crippen LogP contribution is 2.28. The summed E-state index contributed by atoms with van der Waals surface area (Å²) in [5.41, 5.74) is 5.11. The molecule has 0 unspecified atom stereocenters. The normalized spacial score (nSPS) is 11.4. The number of benzene rings is 4. The maximum absolute atomic E-state index is 12.0. The summed E-state index contributed by atoms with van der Waals surface area (Å²) < 4.78 is 0. The average Bonchev–Trinajstić information content (AvgIpc) is 2.80. The largest absolute Gasteiger partial charge is 0.507 e. The minimum absolute atomic E-state index is 0.0326. The van der Waals surface area contributed by atoms with Gasteiger partial charge in [-0.2, -0.15) is 10.2 Å². The number of aromatic hydroxyl groups is 1. The molecule has 0 heterocycles. The highest BCUT2D eigenvalue weighted by Gasteiger charge is 2.04. The third-order valence-electron chi connectivity index (χ3n) is 4.65. The van der Waals surface area contributed by atoms with Gasteiger partial charge >= 0.3 is 0 Å². The number of carbonyl (C=O) groups excluding carboxylic acids is 1. The predicted octanol–water partition coefficient (Wildman–Crippen LogP) is 5.65. The fourth-order valence-corrected chi connectivity index (χ4v) is 3.11. The van der Waals surface area contributed by atoms with Crippen LogP contribution in [0.2, 0.25) is 0 Å². The predicted molar refractivity (Wildman–Crippen MR) is 122 cm³/mol. The minimum Gasteiger partial charge on any atom is -0.507 e. The summed E-state index contributed by atoms with van der Waals surface area (Å²) in [5.74, 6) is -0.209. The second-order valence-corrected chi connectivity index (χ2v) is 6.90. The van der Waals surface area contributed by atoms with Crippen molar-refractivity contribution in [1.29, 1.82) is 0 Å². The van der Waals surface area contributed by atoms with E-state index in [4.69, 9.17) is 0 Å². The fraction of sp³-hybridized carbons (Fsp3) is 0.0400. The Labute approximate surface area is 179 Å². The SMILES string of the molecule is O=C(Cc1ccccc1)N/N=C/c1cc(N=Nc2cccc3ccccc23)ccc1O. The van der Waals surface area contributed by atoms with Crippen LogP contribution in [0.4, 0.5) is 11.4 Å². The summed E-state index contributed by atoms with van der Waals surface area (Å²) in [4.78, 5) is 12.0. The zero-order valence-electron chi connectivity index (χ0n) is 16.6. The van der Waals surface area contributed by atoms with E-state index in [2.05, 4.69) is 20.8 Å². The van der Waals surface area contributed by atoms with Crippen LogP contribution in [0.1, 0.15) is 11.1 Å². The number of rotatable bonds is 6. The summed E-state index contributed by atoms with van der Waals surface area (Å²) in [7, 11) is 0. The molecule has 4 aromatic rings. The number of amides is 1. The number of azo groups is 1. The summed E-state index contributed by atoms with van der Waals surface area (Å²) in [6.07, 6.45) is 1.61. The van der Waals surface area contributed by atoms with Crippen LogP contribution < -0.4 is 5.43 Å². The number of nitrogens with zero attached hydrogens (tertiary/aromatic N) is 3. The molecule has 1 amide bonds. The smallest absolute Gasteiger partial charge is 0.244 e. The Hall–Kier alpha value is -4.32. The molecule has 0 aromatic heterocycles. The van der Waals surface area contributed by atoms with E-state index in [1.807, 2.05) is 72.8 Å². The average molecular weight is 408 g/mol. The van der Waals surface area contributed by atoms with Crippen molar-refractivity contribution in [2.45, 2.75) is 6.42 Å². The molecule has 0 spiro atoms. The van der Waals surface area contributed by atoms with Crippen LogP contribution in [0.25, 0.3) is 10.8 Å². The van der Waals surface area contributed by atoms with Gasteiger partial charge in [0, 0.05) is 10.9 Å². The monoisotopic (exact) mass is 408 g/mol. The van der Waals surface area contributed by atoms with Crippen LogP contribution >= 0.6 is 0 Å². The summed E-state index contributed by atoms with van der Waals surface area (Å²) in [6, 6.07) is 28.0. The molecule has 0 atom stereocenters. The highest BCUT2D eigenvalue weighted by molar-refractivity contribution is 5.92. The lowest BCUT2D eigenvalue weighted by Crippen LogP contribution is -2.19. The number of carbonyl (C=O) groups is 1. The van der Waals surface area contributed by atoms with Crippen molar-refractivity contribution in [3.8, 4) is 5.75 Å². The summed E-state index contributed by atoms with van der Waals surface area (Å²) in [6.45, 7) is 0. The van der Waals surface area contributed by atoms with Gasteiger partial charge in [0.2, 0.25) is 5.91 Å².